The molecule has 1 aliphatic carbocycles. The van der Waals surface area contributed by atoms with Crippen LogP contribution in [-0.2, 0) is 11.2 Å². The van der Waals surface area contributed by atoms with Gasteiger partial charge in [0.2, 0.25) is 0 Å². The molecule has 1 saturated carbocycles. The van der Waals surface area contributed by atoms with E-state index in [2.05, 4.69) is 28.3 Å². The number of rotatable bonds is 5. The van der Waals surface area contributed by atoms with Crippen LogP contribution in [0.5, 0.6) is 0 Å². The van der Waals surface area contributed by atoms with Gasteiger partial charge in [-0.2, -0.15) is 0 Å². The molecular weight excluding hydrogens is 214 g/mol. The Hall–Kier alpha value is -1.16. The molecule has 1 aromatic rings. The molecule has 2 atom stereocenters. The van der Waals surface area contributed by atoms with Crippen LogP contribution in [0.2, 0.25) is 0 Å². The number of hydrogen-bond acceptors (Lipinski definition) is 4. The van der Waals surface area contributed by atoms with E-state index in [0.717, 1.165) is 43.6 Å². The van der Waals surface area contributed by atoms with Crippen molar-refractivity contribution in [2.45, 2.75) is 51.2 Å². The van der Waals surface area contributed by atoms with Gasteiger partial charge in [0.1, 0.15) is 12.1 Å². The first-order valence-corrected chi connectivity index (χ1v) is 6.42. The van der Waals surface area contributed by atoms with E-state index >= 15 is 0 Å². The Morgan fingerprint density at radius 1 is 1.41 bits per heavy atom. The number of aryl methyl sites for hydroxylation is 1. The van der Waals surface area contributed by atoms with Crippen molar-refractivity contribution in [3.05, 3.63) is 18.1 Å². The van der Waals surface area contributed by atoms with Gasteiger partial charge in [-0.05, 0) is 25.7 Å². The van der Waals surface area contributed by atoms with Crippen LogP contribution in [0.15, 0.2) is 12.4 Å². The van der Waals surface area contributed by atoms with Gasteiger partial charge in [0.05, 0.1) is 6.10 Å². The van der Waals surface area contributed by atoms with Crippen LogP contribution >= 0.6 is 0 Å². The summed E-state index contributed by atoms with van der Waals surface area (Å²) in [5.74, 6) is 0.949. The lowest BCUT2D eigenvalue weighted by atomic mass is 10.2. The molecular formula is C13H21N3O. The smallest absolute Gasteiger partial charge is 0.129 e. The molecule has 4 heteroatoms. The number of nitrogens with one attached hydrogen (secondary N) is 1. The second-order valence-corrected chi connectivity index (χ2v) is 4.66. The third-order valence-electron chi connectivity index (χ3n) is 3.30. The number of methoxy groups -OCH3 is 1. The maximum atomic E-state index is 5.37. The number of nitrogens with zero attached hydrogens (tertiary/aromatic N) is 2. The maximum absolute atomic E-state index is 5.37. The van der Waals surface area contributed by atoms with E-state index in [4.69, 9.17) is 4.74 Å². The largest absolute Gasteiger partial charge is 0.381 e. The summed E-state index contributed by atoms with van der Waals surface area (Å²) in [4.78, 5) is 8.53. The summed E-state index contributed by atoms with van der Waals surface area (Å²) in [5, 5.41) is 3.47. The molecule has 17 heavy (non-hydrogen) atoms. The van der Waals surface area contributed by atoms with Gasteiger partial charge in [-0.25, -0.2) is 9.97 Å². The first kappa shape index (κ1) is 12.3. The molecule has 0 saturated heterocycles. The fraction of sp³-hybridized carbons (Fsp3) is 0.692. The van der Waals surface area contributed by atoms with E-state index in [1.165, 1.54) is 0 Å². The van der Waals surface area contributed by atoms with Crippen molar-refractivity contribution < 1.29 is 4.74 Å². The maximum Gasteiger partial charge on any atom is 0.129 e. The molecule has 1 aliphatic rings. The molecule has 1 fully saturated rings. The Morgan fingerprint density at radius 2 is 2.29 bits per heavy atom. The molecule has 0 amide bonds. The van der Waals surface area contributed by atoms with Crippen LogP contribution in [-0.4, -0.2) is 29.2 Å². The van der Waals surface area contributed by atoms with Gasteiger partial charge in [-0.1, -0.05) is 13.3 Å². The number of hydrogen-bond donors (Lipinski definition) is 1. The minimum Gasteiger partial charge on any atom is -0.381 e. The van der Waals surface area contributed by atoms with Crippen molar-refractivity contribution in [1.82, 2.24) is 9.97 Å². The quantitative estimate of drug-likeness (QED) is 0.851. The molecule has 1 N–H and O–H groups in total. The van der Waals surface area contributed by atoms with Crippen molar-refractivity contribution in [2.75, 3.05) is 12.4 Å². The van der Waals surface area contributed by atoms with Crippen LogP contribution in [0.4, 0.5) is 5.82 Å². The third kappa shape index (κ3) is 3.40. The molecule has 4 nitrogen and oxygen atoms in total. The van der Waals surface area contributed by atoms with Gasteiger partial charge in [0.15, 0.2) is 0 Å². The van der Waals surface area contributed by atoms with Gasteiger partial charge in [0, 0.05) is 24.9 Å². The van der Waals surface area contributed by atoms with E-state index < -0.39 is 0 Å². The number of anilines is 1. The minimum atomic E-state index is 0.407. The molecule has 0 radical (unpaired) electrons. The van der Waals surface area contributed by atoms with Crippen LogP contribution in [0.25, 0.3) is 0 Å². The summed E-state index contributed by atoms with van der Waals surface area (Å²) in [6, 6.07) is 2.55. The monoisotopic (exact) mass is 235 g/mol. The van der Waals surface area contributed by atoms with Crippen LogP contribution < -0.4 is 5.32 Å². The minimum absolute atomic E-state index is 0.407. The number of ether oxygens (including phenoxy) is 1. The standard InChI is InChI=1S/C13H21N3O/c1-3-4-10-8-13(15-9-14-10)16-11-5-6-12(7-11)17-2/h8-9,11-12H,3-7H2,1-2H3,(H,14,15,16). The number of aromatic nitrogens is 2. The lowest BCUT2D eigenvalue weighted by Crippen LogP contribution is -2.18. The summed E-state index contributed by atoms with van der Waals surface area (Å²) < 4.78 is 5.37. The summed E-state index contributed by atoms with van der Waals surface area (Å²) in [5.41, 5.74) is 1.12. The second-order valence-electron chi connectivity index (χ2n) is 4.66. The van der Waals surface area contributed by atoms with Gasteiger partial charge in [0.25, 0.3) is 0 Å². The summed E-state index contributed by atoms with van der Waals surface area (Å²) in [6.07, 6.45) is 7.56. The fourth-order valence-electron chi connectivity index (χ4n) is 2.36. The Balaban J connectivity index is 1.92. The lowest BCUT2D eigenvalue weighted by Gasteiger charge is -2.13. The Morgan fingerprint density at radius 3 is 3.00 bits per heavy atom. The SMILES string of the molecule is CCCc1cc(NC2CCC(OC)C2)ncn1. The second kappa shape index (κ2) is 5.96. The van der Waals surface area contributed by atoms with Crippen LogP contribution in [0.3, 0.4) is 0 Å². The zero-order valence-electron chi connectivity index (χ0n) is 10.6. The van der Waals surface area contributed by atoms with Gasteiger partial charge < -0.3 is 10.1 Å². The predicted octanol–water partition coefficient (Wildman–Crippen LogP) is 2.41. The highest BCUT2D eigenvalue weighted by atomic mass is 16.5. The van der Waals surface area contributed by atoms with E-state index in [-0.39, 0.29) is 0 Å². The average molecular weight is 235 g/mol. The zero-order chi connectivity index (χ0) is 12.1. The summed E-state index contributed by atoms with van der Waals surface area (Å²) in [6.45, 7) is 2.16. The van der Waals surface area contributed by atoms with Crippen LogP contribution in [0, 0.1) is 0 Å². The van der Waals surface area contributed by atoms with E-state index in [9.17, 15) is 0 Å². The van der Waals surface area contributed by atoms with Crippen molar-refractivity contribution in [3.8, 4) is 0 Å². The van der Waals surface area contributed by atoms with E-state index in [0.29, 0.717) is 12.1 Å². The molecule has 2 unspecified atom stereocenters. The first-order chi connectivity index (χ1) is 8.31. The molecule has 0 spiro atoms. The van der Waals surface area contributed by atoms with E-state index in [1.807, 2.05) is 0 Å². The average Bonchev–Trinajstić information content (AvgIpc) is 2.78. The van der Waals surface area contributed by atoms with E-state index in [1.54, 1.807) is 13.4 Å². The Bertz CT molecular complexity index is 356. The van der Waals surface area contributed by atoms with Crippen molar-refractivity contribution in [3.63, 3.8) is 0 Å². The summed E-state index contributed by atoms with van der Waals surface area (Å²) >= 11 is 0. The van der Waals surface area contributed by atoms with Crippen molar-refractivity contribution in [2.24, 2.45) is 0 Å². The first-order valence-electron chi connectivity index (χ1n) is 6.42. The van der Waals surface area contributed by atoms with Gasteiger partial charge >= 0.3 is 0 Å². The van der Waals surface area contributed by atoms with Crippen LogP contribution in [0.1, 0.15) is 38.3 Å². The molecule has 0 aromatic carbocycles. The van der Waals surface area contributed by atoms with Crippen molar-refractivity contribution in [1.29, 1.82) is 0 Å². The Kier molecular flexibility index (Phi) is 4.31. The van der Waals surface area contributed by atoms with Gasteiger partial charge in [-0.3, -0.25) is 0 Å². The molecule has 1 heterocycles. The highest BCUT2D eigenvalue weighted by molar-refractivity contribution is 5.36. The molecule has 2 rings (SSSR count). The normalized spacial score (nSPS) is 23.9. The topological polar surface area (TPSA) is 47.0 Å². The highest BCUT2D eigenvalue weighted by Gasteiger charge is 2.24. The predicted molar refractivity (Wildman–Crippen MR) is 68.1 cm³/mol. The Labute approximate surface area is 103 Å². The highest BCUT2D eigenvalue weighted by Crippen LogP contribution is 2.24. The third-order valence-corrected chi connectivity index (χ3v) is 3.30. The zero-order valence-corrected chi connectivity index (χ0v) is 10.6. The van der Waals surface area contributed by atoms with Crippen molar-refractivity contribution >= 4 is 5.82 Å². The van der Waals surface area contributed by atoms with Gasteiger partial charge in [-0.15, -0.1) is 0 Å². The molecule has 0 aliphatic heterocycles. The molecule has 0 bridgehead atoms. The molecule has 1 aromatic heterocycles. The summed E-state index contributed by atoms with van der Waals surface area (Å²) in [7, 11) is 1.79. The molecule has 94 valence electrons. The lowest BCUT2D eigenvalue weighted by molar-refractivity contribution is 0.108. The fourth-order valence-corrected chi connectivity index (χ4v) is 2.36.